The van der Waals surface area contributed by atoms with Gasteiger partial charge in [-0.3, -0.25) is 4.79 Å². The van der Waals surface area contributed by atoms with Crippen molar-refractivity contribution in [2.24, 2.45) is 5.92 Å². The predicted octanol–water partition coefficient (Wildman–Crippen LogP) is 0.174. The Hall–Kier alpha value is -2.18. The van der Waals surface area contributed by atoms with Crippen molar-refractivity contribution in [3.8, 4) is 0 Å². The molecule has 1 aromatic rings. The van der Waals surface area contributed by atoms with Gasteiger partial charge in [0.25, 0.3) is 0 Å². The molecule has 0 radical (unpaired) electrons. The van der Waals surface area contributed by atoms with E-state index in [1.165, 1.54) is 13.3 Å². The molecule has 1 aliphatic heterocycles. The number of anilines is 1. The fourth-order valence-corrected chi connectivity index (χ4v) is 1.88. The van der Waals surface area contributed by atoms with Crippen LogP contribution in [0.4, 0.5) is 5.82 Å². The molecule has 1 unspecified atom stereocenters. The van der Waals surface area contributed by atoms with Crippen molar-refractivity contribution in [2.45, 2.75) is 6.42 Å². The minimum atomic E-state index is -0.806. The largest absolute Gasteiger partial charge is 0.481 e. The number of hydrogen-bond acceptors (Lipinski definition) is 6. The number of carbonyl (C=O) groups is 2. The van der Waals surface area contributed by atoms with Gasteiger partial charge < -0.3 is 14.7 Å². The lowest BCUT2D eigenvalue weighted by Gasteiger charge is -2.16. The Kier molecular flexibility index (Phi) is 3.40. The number of carbonyl (C=O) groups excluding carboxylic acids is 1. The van der Waals surface area contributed by atoms with Gasteiger partial charge in [0.2, 0.25) is 5.82 Å². The zero-order valence-corrected chi connectivity index (χ0v) is 9.87. The highest BCUT2D eigenvalue weighted by molar-refractivity contribution is 5.85. The molecule has 2 rings (SSSR count). The quantitative estimate of drug-likeness (QED) is 0.765. The molecule has 1 fully saturated rings. The van der Waals surface area contributed by atoms with Gasteiger partial charge in [-0.1, -0.05) is 0 Å². The molecule has 1 atom stereocenters. The fraction of sp³-hybridized carbons (Fsp3) is 0.455. The molecule has 0 amide bonds. The summed E-state index contributed by atoms with van der Waals surface area (Å²) in [5.74, 6) is -1.27. The van der Waals surface area contributed by atoms with E-state index in [4.69, 9.17) is 5.11 Å². The maximum absolute atomic E-state index is 11.3. The van der Waals surface area contributed by atoms with E-state index in [0.717, 1.165) is 0 Å². The van der Waals surface area contributed by atoms with Gasteiger partial charge in [0.1, 0.15) is 5.82 Å². The number of methoxy groups -OCH3 is 1. The Morgan fingerprint density at radius 3 is 2.94 bits per heavy atom. The highest BCUT2D eigenvalue weighted by atomic mass is 16.5. The summed E-state index contributed by atoms with van der Waals surface area (Å²) in [6.07, 6.45) is 2.04. The molecule has 1 aliphatic rings. The van der Waals surface area contributed by atoms with E-state index in [1.807, 2.05) is 4.90 Å². The van der Waals surface area contributed by atoms with Gasteiger partial charge in [0.15, 0.2) is 0 Å². The van der Waals surface area contributed by atoms with Crippen LogP contribution in [0.5, 0.6) is 0 Å². The van der Waals surface area contributed by atoms with Crippen LogP contribution in [0.3, 0.4) is 0 Å². The molecule has 18 heavy (non-hydrogen) atoms. The number of aliphatic carboxylic acids is 1. The molecule has 0 aromatic carbocycles. The van der Waals surface area contributed by atoms with E-state index < -0.39 is 11.9 Å². The van der Waals surface area contributed by atoms with Gasteiger partial charge in [0, 0.05) is 19.3 Å². The number of ether oxygens (including phenoxy) is 1. The molecule has 7 heteroatoms. The molecule has 1 aromatic heterocycles. The minimum Gasteiger partial charge on any atom is -0.481 e. The molecule has 0 aliphatic carbocycles. The SMILES string of the molecule is COC(=O)c1nccc(N2CCC(C(=O)O)C2)n1. The van der Waals surface area contributed by atoms with Crippen molar-refractivity contribution < 1.29 is 19.4 Å². The van der Waals surface area contributed by atoms with E-state index in [0.29, 0.717) is 25.3 Å². The van der Waals surface area contributed by atoms with Gasteiger partial charge in [0.05, 0.1) is 13.0 Å². The Morgan fingerprint density at radius 1 is 1.56 bits per heavy atom. The van der Waals surface area contributed by atoms with Gasteiger partial charge in [-0.05, 0) is 12.5 Å². The molecular weight excluding hydrogens is 238 g/mol. The minimum absolute atomic E-state index is 0.0197. The molecule has 0 saturated carbocycles. The highest BCUT2D eigenvalue weighted by Gasteiger charge is 2.29. The van der Waals surface area contributed by atoms with Crippen LogP contribution in [-0.4, -0.2) is 47.2 Å². The molecule has 96 valence electrons. The highest BCUT2D eigenvalue weighted by Crippen LogP contribution is 2.21. The zero-order chi connectivity index (χ0) is 13.1. The Morgan fingerprint density at radius 2 is 2.33 bits per heavy atom. The molecule has 1 N–H and O–H groups in total. The van der Waals surface area contributed by atoms with Gasteiger partial charge >= 0.3 is 11.9 Å². The van der Waals surface area contributed by atoms with Crippen molar-refractivity contribution >= 4 is 17.8 Å². The topological polar surface area (TPSA) is 92.6 Å². The first-order chi connectivity index (χ1) is 8.61. The van der Waals surface area contributed by atoms with Crippen LogP contribution in [0.1, 0.15) is 17.0 Å². The molecule has 0 spiro atoms. The average Bonchev–Trinajstić information content (AvgIpc) is 2.88. The number of carboxylic acid groups (broad SMARTS) is 1. The number of hydrogen-bond donors (Lipinski definition) is 1. The lowest BCUT2D eigenvalue weighted by atomic mass is 10.1. The lowest BCUT2D eigenvalue weighted by molar-refractivity contribution is -0.140. The van der Waals surface area contributed by atoms with E-state index >= 15 is 0 Å². The van der Waals surface area contributed by atoms with Crippen LogP contribution >= 0.6 is 0 Å². The van der Waals surface area contributed by atoms with Crippen molar-refractivity contribution in [3.63, 3.8) is 0 Å². The first-order valence-corrected chi connectivity index (χ1v) is 5.51. The maximum Gasteiger partial charge on any atom is 0.376 e. The van der Waals surface area contributed by atoms with Gasteiger partial charge in [-0.15, -0.1) is 0 Å². The summed E-state index contributed by atoms with van der Waals surface area (Å²) < 4.78 is 4.54. The van der Waals surface area contributed by atoms with E-state index in [-0.39, 0.29) is 11.7 Å². The van der Waals surface area contributed by atoms with Crippen LogP contribution < -0.4 is 4.90 Å². The molecule has 0 bridgehead atoms. The Balaban J connectivity index is 2.15. The van der Waals surface area contributed by atoms with Crippen molar-refractivity contribution in [3.05, 3.63) is 18.1 Å². The number of carboxylic acids is 1. The van der Waals surface area contributed by atoms with Crippen LogP contribution in [0.15, 0.2) is 12.3 Å². The summed E-state index contributed by atoms with van der Waals surface area (Å²) in [4.78, 5) is 31.9. The third kappa shape index (κ3) is 2.39. The summed E-state index contributed by atoms with van der Waals surface area (Å²) in [6, 6.07) is 1.65. The van der Waals surface area contributed by atoms with E-state index in [2.05, 4.69) is 14.7 Å². The van der Waals surface area contributed by atoms with Crippen LogP contribution in [0.2, 0.25) is 0 Å². The molecule has 1 saturated heterocycles. The fourth-order valence-electron chi connectivity index (χ4n) is 1.88. The van der Waals surface area contributed by atoms with E-state index in [9.17, 15) is 9.59 Å². The summed E-state index contributed by atoms with van der Waals surface area (Å²) in [7, 11) is 1.26. The Labute approximate surface area is 103 Å². The van der Waals surface area contributed by atoms with E-state index in [1.54, 1.807) is 6.07 Å². The predicted molar refractivity (Wildman–Crippen MR) is 61.3 cm³/mol. The Bertz CT molecular complexity index is 477. The van der Waals surface area contributed by atoms with Crippen molar-refractivity contribution in [2.75, 3.05) is 25.1 Å². The van der Waals surface area contributed by atoms with Gasteiger partial charge in [-0.25, -0.2) is 14.8 Å². The number of nitrogens with zero attached hydrogens (tertiary/aromatic N) is 3. The summed E-state index contributed by atoms with van der Waals surface area (Å²) in [5, 5.41) is 8.93. The summed E-state index contributed by atoms with van der Waals surface area (Å²) >= 11 is 0. The molecular formula is C11H13N3O4. The molecule has 7 nitrogen and oxygen atoms in total. The monoisotopic (exact) mass is 251 g/mol. The number of aromatic nitrogens is 2. The zero-order valence-electron chi connectivity index (χ0n) is 9.87. The van der Waals surface area contributed by atoms with Crippen LogP contribution in [0.25, 0.3) is 0 Å². The smallest absolute Gasteiger partial charge is 0.376 e. The summed E-state index contributed by atoms with van der Waals surface area (Å²) in [5.41, 5.74) is 0. The second-order valence-corrected chi connectivity index (χ2v) is 4.00. The van der Waals surface area contributed by atoms with Crippen molar-refractivity contribution in [1.82, 2.24) is 9.97 Å². The standard InChI is InChI=1S/C11H13N3O4/c1-18-11(17)9-12-4-2-8(13-9)14-5-3-7(6-14)10(15)16/h2,4,7H,3,5-6H2,1H3,(H,15,16). The summed E-state index contributed by atoms with van der Waals surface area (Å²) in [6.45, 7) is 1.00. The van der Waals surface area contributed by atoms with Crippen LogP contribution in [-0.2, 0) is 9.53 Å². The maximum atomic E-state index is 11.3. The first-order valence-electron chi connectivity index (χ1n) is 5.51. The normalized spacial score (nSPS) is 18.7. The van der Waals surface area contributed by atoms with Gasteiger partial charge in [-0.2, -0.15) is 0 Å². The lowest BCUT2D eigenvalue weighted by Crippen LogP contribution is -2.24. The third-order valence-corrected chi connectivity index (χ3v) is 2.87. The van der Waals surface area contributed by atoms with Crippen molar-refractivity contribution in [1.29, 1.82) is 0 Å². The van der Waals surface area contributed by atoms with Crippen LogP contribution in [0, 0.1) is 5.92 Å². The third-order valence-electron chi connectivity index (χ3n) is 2.87. The second kappa shape index (κ2) is 4.99. The average molecular weight is 251 g/mol. The number of esters is 1. The molecule has 2 heterocycles. The first kappa shape index (κ1) is 12.3. The number of rotatable bonds is 3. The second-order valence-electron chi connectivity index (χ2n) is 4.00.